The van der Waals surface area contributed by atoms with Crippen LogP contribution < -0.4 is 0 Å². The molecular weight excluding hydrogens is 196 g/mol. The molecule has 4 heteroatoms. The highest BCUT2D eigenvalue weighted by Crippen LogP contribution is 2.10. The number of hydrogen-bond acceptors (Lipinski definition) is 2. The van der Waals surface area contributed by atoms with Gasteiger partial charge in [0, 0.05) is 12.7 Å². The van der Waals surface area contributed by atoms with E-state index >= 15 is 0 Å². The van der Waals surface area contributed by atoms with Crippen LogP contribution in [0.1, 0.15) is 20.3 Å². The average molecular weight is 217 g/mol. The monoisotopic (exact) mass is 217 g/mol. The van der Waals surface area contributed by atoms with Crippen molar-refractivity contribution in [3.8, 4) is 0 Å². The van der Waals surface area contributed by atoms with E-state index < -0.39 is 14.3 Å². The summed E-state index contributed by atoms with van der Waals surface area (Å²) in [5.74, 6) is -1.19. The van der Waals surface area contributed by atoms with E-state index in [1.54, 1.807) is 0 Å². The van der Waals surface area contributed by atoms with Crippen LogP contribution in [0.4, 0.5) is 0 Å². The maximum Gasteiger partial charge on any atom is 0.381 e. The van der Waals surface area contributed by atoms with Crippen molar-refractivity contribution in [3.63, 3.8) is 0 Å². The second-order valence-corrected chi connectivity index (χ2v) is 8.21. The normalized spacial score (nSPS) is 10.1. The van der Waals surface area contributed by atoms with Crippen LogP contribution in [0.3, 0.4) is 0 Å². The number of hydrogen-bond donors (Lipinski definition) is 0. The molecule has 0 atom stereocenters. The summed E-state index contributed by atoms with van der Waals surface area (Å²) in [6, 6.07) is 1.28. The first-order chi connectivity index (χ1) is 6.26. The smallest absolute Gasteiger partial charge is 0.381 e. The van der Waals surface area contributed by atoms with Crippen LogP contribution in [0.25, 0.3) is 0 Å². The van der Waals surface area contributed by atoms with Gasteiger partial charge in [-0.3, -0.25) is 0 Å². The van der Waals surface area contributed by atoms with Gasteiger partial charge in [0.15, 0.2) is 8.32 Å². The van der Waals surface area contributed by atoms with Crippen LogP contribution in [0.2, 0.25) is 19.1 Å². The quantitative estimate of drug-likeness (QED) is 0.537. The Balaban J connectivity index is 0. The third-order valence-electron chi connectivity index (χ3n) is 1.75. The lowest BCUT2D eigenvalue weighted by Crippen LogP contribution is -2.27. The Morgan fingerprint density at radius 1 is 1.43 bits per heavy atom. The molecule has 0 saturated carbocycles. The first-order valence-electron chi connectivity index (χ1n) is 4.68. The van der Waals surface area contributed by atoms with Gasteiger partial charge in [0.2, 0.25) is 0 Å². The van der Waals surface area contributed by atoms with E-state index in [0.717, 1.165) is 0 Å². The van der Waals surface area contributed by atoms with Crippen molar-refractivity contribution in [3.05, 3.63) is 12.2 Å². The molecule has 83 valence electrons. The lowest BCUT2D eigenvalue weighted by molar-refractivity contribution is -0.138. The van der Waals surface area contributed by atoms with E-state index in [4.69, 9.17) is 4.43 Å². The van der Waals surface area contributed by atoms with Crippen molar-refractivity contribution in [1.29, 1.82) is 0 Å². The molecule has 0 rings (SSSR count). The Bertz CT molecular complexity index is 176. The van der Waals surface area contributed by atoms with E-state index in [1.807, 2.05) is 7.11 Å². The van der Waals surface area contributed by atoms with Crippen LogP contribution in [0, 0.1) is 0 Å². The summed E-state index contributed by atoms with van der Waals surface area (Å²) in [5, 5.41) is 9.49. The molecule has 0 aromatic carbocycles. The van der Waals surface area contributed by atoms with Crippen molar-refractivity contribution in [2.45, 2.75) is 39.4 Å². The SMILES string of the molecule is C=C(C)C([O])=O.CCC[Si](C)(C)OC. The van der Waals surface area contributed by atoms with Crippen molar-refractivity contribution in [2.75, 3.05) is 7.11 Å². The first kappa shape index (κ1) is 15.8. The van der Waals surface area contributed by atoms with Crippen molar-refractivity contribution in [2.24, 2.45) is 0 Å². The molecule has 0 unspecified atom stereocenters. The standard InChI is InChI=1S/C6H16OSi.C4H5O2/c1-5-6-8(3,4)7-2;1-3(2)4(5)6/h5-6H2,1-4H3;1H2,2H3. The predicted octanol–water partition coefficient (Wildman–Crippen LogP) is 2.77. The van der Waals surface area contributed by atoms with Gasteiger partial charge in [0.1, 0.15) is 0 Å². The molecule has 1 radical (unpaired) electrons. The second-order valence-electron chi connectivity index (χ2n) is 3.78. The van der Waals surface area contributed by atoms with Crippen molar-refractivity contribution < 1.29 is 14.3 Å². The summed E-state index contributed by atoms with van der Waals surface area (Å²) in [5.41, 5.74) is 0.0648. The molecule has 3 nitrogen and oxygen atoms in total. The fourth-order valence-electron chi connectivity index (χ4n) is 0.704. The van der Waals surface area contributed by atoms with E-state index in [0.29, 0.717) is 0 Å². The third-order valence-corrected chi connectivity index (χ3v) is 4.56. The van der Waals surface area contributed by atoms with E-state index in [-0.39, 0.29) is 5.57 Å². The Labute approximate surface area is 87.9 Å². The van der Waals surface area contributed by atoms with Crippen LogP contribution in [-0.4, -0.2) is 21.4 Å². The van der Waals surface area contributed by atoms with Crippen LogP contribution in [-0.2, 0) is 14.3 Å². The fourth-order valence-corrected chi connectivity index (χ4v) is 2.11. The number of carbonyl (C=O) groups excluding carboxylic acids is 1. The highest BCUT2D eigenvalue weighted by Gasteiger charge is 2.17. The Morgan fingerprint density at radius 3 is 1.86 bits per heavy atom. The number of rotatable bonds is 4. The minimum Gasteiger partial charge on any atom is -0.420 e. The molecule has 0 aliphatic rings. The maximum atomic E-state index is 9.49. The third kappa shape index (κ3) is 11.4. The first-order valence-corrected chi connectivity index (χ1v) is 7.80. The Hall–Kier alpha value is -0.613. The highest BCUT2D eigenvalue weighted by atomic mass is 28.4. The molecular formula is C10H21O3Si. The molecule has 0 heterocycles. The summed E-state index contributed by atoms with van der Waals surface area (Å²) in [7, 11) is 0.644. The van der Waals surface area contributed by atoms with Gasteiger partial charge in [0.25, 0.3) is 0 Å². The van der Waals surface area contributed by atoms with Gasteiger partial charge in [-0.1, -0.05) is 19.9 Å². The Morgan fingerprint density at radius 2 is 1.79 bits per heavy atom. The summed E-state index contributed by atoms with van der Waals surface area (Å²) >= 11 is 0. The lowest BCUT2D eigenvalue weighted by atomic mass is 10.4. The van der Waals surface area contributed by atoms with Gasteiger partial charge in [-0.05, 0) is 26.1 Å². The average Bonchev–Trinajstić information content (AvgIpc) is 2.05. The van der Waals surface area contributed by atoms with E-state index in [9.17, 15) is 9.90 Å². The minimum atomic E-state index is -1.19. The lowest BCUT2D eigenvalue weighted by Gasteiger charge is -2.17. The molecule has 0 fully saturated rings. The van der Waals surface area contributed by atoms with Gasteiger partial charge in [-0.15, -0.1) is 0 Å². The van der Waals surface area contributed by atoms with Crippen molar-refractivity contribution >= 4 is 14.3 Å². The molecule has 0 spiro atoms. The highest BCUT2D eigenvalue weighted by molar-refractivity contribution is 6.71. The number of carbonyl (C=O) groups is 1. The van der Waals surface area contributed by atoms with Gasteiger partial charge in [-0.2, -0.15) is 0 Å². The van der Waals surface area contributed by atoms with Gasteiger partial charge in [0.05, 0.1) is 0 Å². The van der Waals surface area contributed by atoms with E-state index in [2.05, 4.69) is 26.6 Å². The van der Waals surface area contributed by atoms with Gasteiger partial charge < -0.3 is 4.43 Å². The molecule has 0 aliphatic carbocycles. The molecule has 14 heavy (non-hydrogen) atoms. The zero-order valence-electron chi connectivity index (χ0n) is 9.85. The summed E-state index contributed by atoms with van der Waals surface area (Å²) in [6.07, 6.45) is 1.26. The molecule has 0 N–H and O–H groups in total. The largest absolute Gasteiger partial charge is 0.420 e. The zero-order valence-corrected chi connectivity index (χ0v) is 10.8. The topological polar surface area (TPSA) is 46.2 Å². The Kier molecular flexibility index (Phi) is 8.78. The summed E-state index contributed by atoms with van der Waals surface area (Å²) in [6.45, 7) is 11.2. The molecule has 0 saturated heterocycles. The molecule has 0 aromatic heterocycles. The maximum absolute atomic E-state index is 9.49. The van der Waals surface area contributed by atoms with Crippen LogP contribution in [0.15, 0.2) is 12.2 Å². The molecule has 0 bridgehead atoms. The van der Waals surface area contributed by atoms with Gasteiger partial charge >= 0.3 is 5.97 Å². The van der Waals surface area contributed by atoms with Crippen LogP contribution >= 0.6 is 0 Å². The van der Waals surface area contributed by atoms with Crippen molar-refractivity contribution in [1.82, 2.24) is 0 Å². The molecule has 0 aliphatic heterocycles. The zero-order chi connectivity index (χ0) is 11.8. The summed E-state index contributed by atoms with van der Waals surface area (Å²) < 4.78 is 5.32. The summed E-state index contributed by atoms with van der Waals surface area (Å²) in [4.78, 5) is 9.49. The predicted molar refractivity (Wildman–Crippen MR) is 60.1 cm³/mol. The van der Waals surface area contributed by atoms with E-state index in [1.165, 1.54) is 19.4 Å². The fraction of sp³-hybridized carbons (Fsp3) is 0.700. The minimum absolute atomic E-state index is 0.0648. The second kappa shape index (κ2) is 7.76. The van der Waals surface area contributed by atoms with Crippen LogP contribution in [0.5, 0.6) is 0 Å². The molecule has 0 amide bonds. The van der Waals surface area contributed by atoms with Gasteiger partial charge in [-0.25, -0.2) is 9.90 Å². The molecule has 0 aromatic rings.